The molecule has 3 aromatic heterocycles. The maximum absolute atomic E-state index is 5.57. The summed E-state index contributed by atoms with van der Waals surface area (Å²) in [6.07, 6.45) is 6.32. The highest BCUT2D eigenvalue weighted by Crippen LogP contribution is 2.19. The monoisotopic (exact) mass is 253 g/mol. The molecule has 5 nitrogen and oxygen atoms in total. The second-order valence-corrected chi connectivity index (χ2v) is 4.42. The molecule has 0 fully saturated rings. The fourth-order valence-electron chi connectivity index (χ4n) is 2.13. The van der Waals surface area contributed by atoms with Gasteiger partial charge >= 0.3 is 0 Å². The van der Waals surface area contributed by atoms with Gasteiger partial charge in [-0.2, -0.15) is 0 Å². The van der Waals surface area contributed by atoms with Crippen molar-refractivity contribution in [2.45, 2.75) is 13.3 Å². The van der Waals surface area contributed by atoms with Gasteiger partial charge in [-0.3, -0.25) is 9.38 Å². The molecule has 0 aliphatic carbocycles. The van der Waals surface area contributed by atoms with Crippen LogP contribution < -0.4 is 5.73 Å². The van der Waals surface area contributed by atoms with Gasteiger partial charge in [0.2, 0.25) is 0 Å². The van der Waals surface area contributed by atoms with Gasteiger partial charge in [0.15, 0.2) is 0 Å². The van der Waals surface area contributed by atoms with Crippen LogP contribution in [0.3, 0.4) is 0 Å². The number of pyridine rings is 1. The number of fused-ring (bicyclic) bond motifs is 1. The summed E-state index contributed by atoms with van der Waals surface area (Å²) in [5, 5.41) is 0. The SMILES string of the molecule is Cc1nc(-c2ccncc2)cc2nc(CCN)cn12. The van der Waals surface area contributed by atoms with Gasteiger partial charge in [0, 0.05) is 36.6 Å². The van der Waals surface area contributed by atoms with Crippen LogP contribution in [0.4, 0.5) is 0 Å². The van der Waals surface area contributed by atoms with Crippen LogP contribution in [-0.2, 0) is 6.42 Å². The second kappa shape index (κ2) is 4.78. The lowest BCUT2D eigenvalue weighted by atomic mass is 10.2. The van der Waals surface area contributed by atoms with Crippen LogP contribution in [0.25, 0.3) is 16.9 Å². The third-order valence-electron chi connectivity index (χ3n) is 3.06. The zero-order valence-corrected chi connectivity index (χ0v) is 10.7. The minimum atomic E-state index is 0.605. The standard InChI is InChI=1S/C14H15N5/c1-10-17-13(11-3-6-16-7-4-11)8-14-18-12(2-5-15)9-19(10)14/h3-4,6-9H,2,5,15H2,1H3. The van der Waals surface area contributed by atoms with E-state index in [-0.39, 0.29) is 0 Å². The molecule has 0 aromatic carbocycles. The Kier molecular flexibility index (Phi) is 2.97. The van der Waals surface area contributed by atoms with Crippen LogP contribution >= 0.6 is 0 Å². The van der Waals surface area contributed by atoms with E-state index >= 15 is 0 Å². The molecule has 0 bridgehead atoms. The Morgan fingerprint density at radius 2 is 2.00 bits per heavy atom. The Morgan fingerprint density at radius 3 is 2.74 bits per heavy atom. The van der Waals surface area contributed by atoms with Gasteiger partial charge in [0.05, 0.1) is 11.4 Å². The highest BCUT2D eigenvalue weighted by Gasteiger charge is 2.07. The maximum Gasteiger partial charge on any atom is 0.140 e. The van der Waals surface area contributed by atoms with E-state index in [1.54, 1.807) is 12.4 Å². The number of hydrogen-bond acceptors (Lipinski definition) is 4. The van der Waals surface area contributed by atoms with Crippen molar-refractivity contribution >= 4 is 5.65 Å². The van der Waals surface area contributed by atoms with E-state index in [1.807, 2.05) is 35.7 Å². The van der Waals surface area contributed by atoms with Crippen molar-refractivity contribution in [3.05, 3.63) is 48.3 Å². The molecule has 0 atom stereocenters. The summed E-state index contributed by atoms with van der Waals surface area (Å²) in [4.78, 5) is 13.2. The summed E-state index contributed by atoms with van der Waals surface area (Å²) >= 11 is 0. The van der Waals surface area contributed by atoms with Crippen LogP contribution in [0.1, 0.15) is 11.5 Å². The summed E-state index contributed by atoms with van der Waals surface area (Å²) < 4.78 is 2.00. The third-order valence-corrected chi connectivity index (χ3v) is 3.06. The molecule has 96 valence electrons. The predicted molar refractivity (Wildman–Crippen MR) is 73.7 cm³/mol. The van der Waals surface area contributed by atoms with E-state index in [0.717, 1.165) is 34.8 Å². The first kappa shape index (κ1) is 11.8. The quantitative estimate of drug-likeness (QED) is 0.769. The molecule has 0 amide bonds. The van der Waals surface area contributed by atoms with Crippen molar-refractivity contribution in [1.82, 2.24) is 19.4 Å². The Labute approximate surface area is 111 Å². The summed E-state index contributed by atoms with van der Waals surface area (Å²) in [5.41, 5.74) is 9.43. The highest BCUT2D eigenvalue weighted by molar-refractivity contribution is 5.63. The Balaban J connectivity index is 2.13. The number of hydrogen-bond donors (Lipinski definition) is 1. The second-order valence-electron chi connectivity index (χ2n) is 4.42. The van der Waals surface area contributed by atoms with Crippen molar-refractivity contribution < 1.29 is 0 Å². The molecule has 3 aromatic rings. The van der Waals surface area contributed by atoms with E-state index in [2.05, 4.69) is 15.0 Å². The molecule has 0 radical (unpaired) electrons. The third kappa shape index (κ3) is 2.20. The van der Waals surface area contributed by atoms with Gasteiger partial charge in [0.1, 0.15) is 11.5 Å². The summed E-state index contributed by atoms with van der Waals surface area (Å²) in [6, 6.07) is 5.88. The van der Waals surface area contributed by atoms with Crippen molar-refractivity contribution in [2.24, 2.45) is 5.73 Å². The zero-order chi connectivity index (χ0) is 13.2. The lowest BCUT2D eigenvalue weighted by molar-refractivity contribution is 0.933. The molecular weight excluding hydrogens is 238 g/mol. The first-order valence-electron chi connectivity index (χ1n) is 6.24. The first-order valence-corrected chi connectivity index (χ1v) is 6.24. The van der Waals surface area contributed by atoms with Gasteiger partial charge in [-0.15, -0.1) is 0 Å². The van der Waals surface area contributed by atoms with Crippen molar-refractivity contribution in [1.29, 1.82) is 0 Å². The van der Waals surface area contributed by atoms with E-state index < -0.39 is 0 Å². The zero-order valence-electron chi connectivity index (χ0n) is 10.7. The first-order chi connectivity index (χ1) is 9.28. The summed E-state index contributed by atoms with van der Waals surface area (Å²) in [5.74, 6) is 0.917. The van der Waals surface area contributed by atoms with Gasteiger partial charge in [-0.05, 0) is 25.6 Å². The van der Waals surface area contributed by atoms with E-state index in [9.17, 15) is 0 Å². The van der Waals surface area contributed by atoms with Crippen LogP contribution in [0.5, 0.6) is 0 Å². The van der Waals surface area contributed by atoms with Crippen molar-refractivity contribution in [2.75, 3.05) is 6.54 Å². The maximum atomic E-state index is 5.57. The minimum Gasteiger partial charge on any atom is -0.330 e. The Bertz CT molecular complexity index is 702. The summed E-state index contributed by atoms with van der Waals surface area (Å²) in [6.45, 7) is 2.58. The van der Waals surface area contributed by atoms with Crippen LogP contribution in [0.15, 0.2) is 36.8 Å². The van der Waals surface area contributed by atoms with Crippen LogP contribution in [0.2, 0.25) is 0 Å². The predicted octanol–water partition coefficient (Wildman–Crippen LogP) is 1.60. The average Bonchev–Trinajstić information content (AvgIpc) is 2.83. The van der Waals surface area contributed by atoms with Gasteiger partial charge in [0.25, 0.3) is 0 Å². The number of imidazole rings is 1. The Morgan fingerprint density at radius 1 is 1.21 bits per heavy atom. The van der Waals surface area contributed by atoms with Gasteiger partial charge in [-0.1, -0.05) is 0 Å². The molecular formula is C14H15N5. The lowest BCUT2D eigenvalue weighted by Gasteiger charge is -2.04. The molecule has 0 spiro atoms. The normalized spacial score (nSPS) is 11.1. The van der Waals surface area contributed by atoms with E-state index in [4.69, 9.17) is 5.73 Å². The van der Waals surface area contributed by atoms with E-state index in [0.29, 0.717) is 6.54 Å². The van der Waals surface area contributed by atoms with Crippen LogP contribution in [-0.4, -0.2) is 25.9 Å². The number of nitrogens with two attached hydrogens (primary N) is 1. The van der Waals surface area contributed by atoms with Gasteiger partial charge < -0.3 is 5.73 Å². The highest BCUT2D eigenvalue weighted by atomic mass is 15.1. The molecule has 0 aliphatic rings. The molecule has 3 rings (SSSR count). The molecule has 5 heteroatoms. The number of aromatic nitrogens is 4. The Hall–Kier alpha value is -2.27. The fourth-order valence-corrected chi connectivity index (χ4v) is 2.13. The largest absolute Gasteiger partial charge is 0.330 e. The average molecular weight is 253 g/mol. The molecule has 19 heavy (non-hydrogen) atoms. The van der Waals surface area contributed by atoms with Crippen molar-refractivity contribution in [3.63, 3.8) is 0 Å². The number of rotatable bonds is 3. The van der Waals surface area contributed by atoms with E-state index in [1.165, 1.54) is 0 Å². The molecule has 0 unspecified atom stereocenters. The molecule has 3 heterocycles. The lowest BCUT2D eigenvalue weighted by Crippen LogP contribution is -2.02. The van der Waals surface area contributed by atoms with Gasteiger partial charge in [-0.25, -0.2) is 9.97 Å². The topological polar surface area (TPSA) is 69.1 Å². The van der Waals surface area contributed by atoms with Crippen LogP contribution in [0, 0.1) is 6.92 Å². The molecule has 0 aliphatic heterocycles. The smallest absolute Gasteiger partial charge is 0.140 e. The number of nitrogens with zero attached hydrogens (tertiary/aromatic N) is 4. The number of aryl methyl sites for hydroxylation is 1. The molecule has 2 N–H and O–H groups in total. The minimum absolute atomic E-state index is 0.605. The molecule has 0 saturated carbocycles. The molecule has 0 saturated heterocycles. The van der Waals surface area contributed by atoms with Crippen molar-refractivity contribution in [3.8, 4) is 11.3 Å². The summed E-state index contributed by atoms with van der Waals surface area (Å²) in [7, 11) is 0. The fraction of sp³-hybridized carbons (Fsp3) is 0.214.